The number of nitrogens with one attached hydrogen (secondary N) is 1. The zero-order valence-corrected chi connectivity index (χ0v) is 9.55. The fourth-order valence-corrected chi connectivity index (χ4v) is 0.554. The summed E-state index contributed by atoms with van der Waals surface area (Å²) in [6, 6.07) is -0.264. The summed E-state index contributed by atoms with van der Waals surface area (Å²) in [5.41, 5.74) is -0.487. The van der Waals surface area contributed by atoms with Gasteiger partial charge in [-0.1, -0.05) is 0 Å². The largest absolute Gasteiger partial charge is 0.444 e. The first kappa shape index (κ1) is 15.1. The molecule has 0 bridgehead atoms. The van der Waals surface area contributed by atoms with Gasteiger partial charge < -0.3 is 15.2 Å². The van der Waals surface area contributed by atoms with E-state index in [0.717, 1.165) is 0 Å². The lowest BCUT2D eigenvalue weighted by atomic mass is 10.2. The van der Waals surface area contributed by atoms with Crippen molar-refractivity contribution in [3.8, 4) is 0 Å². The van der Waals surface area contributed by atoms with Gasteiger partial charge in [0.1, 0.15) is 5.60 Å². The molecule has 0 rings (SSSR count). The topological polar surface area (TPSA) is 58.6 Å². The Bertz CT molecular complexity index is 156. The minimum Gasteiger partial charge on any atom is -0.444 e. The average Bonchev–Trinajstić information content (AvgIpc) is 1.82. The van der Waals surface area contributed by atoms with Gasteiger partial charge in [-0.25, -0.2) is 4.79 Å². The van der Waals surface area contributed by atoms with E-state index < -0.39 is 11.7 Å². The molecule has 5 heteroatoms. The number of ether oxygens (including phenoxy) is 1. The lowest BCUT2D eigenvalue weighted by Crippen LogP contribution is -2.39. The second kappa shape index (κ2) is 6.10. The molecule has 0 heterocycles. The van der Waals surface area contributed by atoms with Crippen LogP contribution in [0.15, 0.2) is 0 Å². The summed E-state index contributed by atoms with van der Waals surface area (Å²) in [7, 11) is 0. The van der Waals surface area contributed by atoms with Crippen molar-refractivity contribution in [2.24, 2.45) is 0 Å². The zero-order valence-electron chi connectivity index (χ0n) is 8.55. The number of alkyl carbamates (subject to hydrolysis) is 1. The van der Waals surface area contributed by atoms with Crippen LogP contribution in [0.5, 0.6) is 0 Å². The quantitative estimate of drug-likeness (QED) is 0.713. The van der Waals surface area contributed by atoms with E-state index in [1.165, 1.54) is 0 Å². The fourth-order valence-electron chi connectivity index (χ4n) is 0.554. The highest BCUT2D eigenvalue weighted by atomic mass is 32.1. The van der Waals surface area contributed by atoms with Crippen molar-refractivity contribution in [3.05, 3.63) is 0 Å². The van der Waals surface area contributed by atoms with Gasteiger partial charge in [-0.2, -0.15) is 13.5 Å². The van der Waals surface area contributed by atoms with Crippen molar-refractivity contribution >= 4 is 19.6 Å². The predicted molar refractivity (Wildman–Crippen MR) is 56.3 cm³/mol. The molecule has 4 nitrogen and oxygen atoms in total. The molecule has 0 aliphatic carbocycles. The van der Waals surface area contributed by atoms with Crippen molar-refractivity contribution in [1.29, 1.82) is 0 Å². The molecule has 80 valence electrons. The maximum absolute atomic E-state index is 11.0. The van der Waals surface area contributed by atoms with Gasteiger partial charge in [0.05, 0.1) is 12.6 Å². The van der Waals surface area contributed by atoms with E-state index in [2.05, 4.69) is 5.32 Å². The van der Waals surface area contributed by atoms with Crippen LogP contribution in [0.25, 0.3) is 0 Å². The summed E-state index contributed by atoms with van der Waals surface area (Å²) in [6.45, 7) is 6.98. The molecule has 0 spiro atoms. The Morgan fingerprint density at radius 1 is 1.54 bits per heavy atom. The average molecular weight is 209 g/mol. The molecule has 0 saturated carbocycles. The van der Waals surface area contributed by atoms with E-state index >= 15 is 0 Å². The Balaban J connectivity index is 0. The Morgan fingerprint density at radius 2 is 2.00 bits per heavy atom. The standard InChI is InChI=1S/C8H17NO3.H2S/c1-6(5-10)9-7(11)12-8(2,3)4;/h6,10H,5H2,1-4H3,(H,9,11);1H2/t6-;/m0./s1. The van der Waals surface area contributed by atoms with Gasteiger partial charge in [0, 0.05) is 0 Å². The number of hydrogen-bond acceptors (Lipinski definition) is 3. The van der Waals surface area contributed by atoms with Crippen LogP contribution in [-0.2, 0) is 4.74 Å². The van der Waals surface area contributed by atoms with Gasteiger partial charge in [0.15, 0.2) is 0 Å². The van der Waals surface area contributed by atoms with Crippen LogP contribution < -0.4 is 5.32 Å². The summed E-state index contributed by atoms with van der Waals surface area (Å²) < 4.78 is 4.95. The van der Waals surface area contributed by atoms with Crippen molar-refractivity contribution in [2.75, 3.05) is 6.61 Å². The molecule has 0 aliphatic heterocycles. The molecule has 1 atom stereocenters. The lowest BCUT2D eigenvalue weighted by Gasteiger charge is -2.21. The monoisotopic (exact) mass is 209 g/mol. The minimum absolute atomic E-state index is 0. The minimum atomic E-state index is -0.496. The van der Waals surface area contributed by atoms with Gasteiger partial charge in [-0.05, 0) is 27.7 Å². The molecule has 0 unspecified atom stereocenters. The molecular weight excluding hydrogens is 190 g/mol. The second-order valence-electron chi connectivity index (χ2n) is 3.73. The molecule has 2 N–H and O–H groups in total. The number of hydrogen-bond donors (Lipinski definition) is 2. The highest BCUT2D eigenvalue weighted by Gasteiger charge is 2.16. The molecule has 0 radical (unpaired) electrons. The third kappa shape index (κ3) is 9.49. The van der Waals surface area contributed by atoms with Crippen molar-refractivity contribution in [2.45, 2.75) is 39.3 Å². The van der Waals surface area contributed by atoms with Crippen LogP contribution >= 0.6 is 13.5 Å². The maximum Gasteiger partial charge on any atom is 0.407 e. The van der Waals surface area contributed by atoms with E-state index in [1.54, 1.807) is 27.7 Å². The van der Waals surface area contributed by atoms with Crippen LogP contribution in [0.2, 0.25) is 0 Å². The van der Waals surface area contributed by atoms with Gasteiger partial charge in [-0.3, -0.25) is 0 Å². The van der Waals surface area contributed by atoms with Crippen LogP contribution in [0.1, 0.15) is 27.7 Å². The Kier molecular flexibility index (Phi) is 7.07. The summed E-state index contributed by atoms with van der Waals surface area (Å²) in [4.78, 5) is 11.0. The molecule has 0 aromatic carbocycles. The highest BCUT2D eigenvalue weighted by Crippen LogP contribution is 2.06. The van der Waals surface area contributed by atoms with Gasteiger partial charge >= 0.3 is 6.09 Å². The van der Waals surface area contributed by atoms with E-state index in [9.17, 15) is 4.79 Å². The fraction of sp³-hybridized carbons (Fsp3) is 0.875. The van der Waals surface area contributed by atoms with Crippen LogP contribution in [0, 0.1) is 0 Å². The number of aliphatic hydroxyl groups excluding tert-OH is 1. The third-order valence-corrected chi connectivity index (χ3v) is 1.04. The number of rotatable bonds is 2. The van der Waals surface area contributed by atoms with Crippen molar-refractivity contribution in [1.82, 2.24) is 5.32 Å². The van der Waals surface area contributed by atoms with E-state index in [1.807, 2.05) is 0 Å². The van der Waals surface area contributed by atoms with E-state index in [0.29, 0.717) is 0 Å². The summed E-state index contributed by atoms with van der Waals surface area (Å²) in [5.74, 6) is 0. The number of aliphatic hydroxyl groups is 1. The lowest BCUT2D eigenvalue weighted by molar-refractivity contribution is 0.0489. The van der Waals surface area contributed by atoms with Gasteiger partial charge in [-0.15, -0.1) is 0 Å². The zero-order chi connectivity index (χ0) is 9.78. The molecule has 13 heavy (non-hydrogen) atoms. The van der Waals surface area contributed by atoms with Crippen LogP contribution in [-0.4, -0.2) is 29.4 Å². The second-order valence-corrected chi connectivity index (χ2v) is 3.73. The molecule has 0 fully saturated rings. The van der Waals surface area contributed by atoms with Gasteiger partial charge in [0.25, 0.3) is 0 Å². The molecule has 1 amide bonds. The maximum atomic E-state index is 11.0. The number of carbonyl (C=O) groups excluding carboxylic acids is 1. The first-order valence-corrected chi connectivity index (χ1v) is 3.95. The Labute approximate surface area is 86.1 Å². The SMILES string of the molecule is C[C@@H](CO)NC(=O)OC(C)(C)C.S. The Morgan fingerprint density at radius 3 is 2.31 bits per heavy atom. The molecular formula is C8H19NO3S. The summed E-state index contributed by atoms with van der Waals surface area (Å²) >= 11 is 0. The first-order chi connectivity index (χ1) is 5.35. The highest BCUT2D eigenvalue weighted by molar-refractivity contribution is 7.59. The molecule has 0 aliphatic rings. The van der Waals surface area contributed by atoms with Crippen LogP contribution in [0.4, 0.5) is 4.79 Å². The Hall–Kier alpha value is -0.420. The smallest absolute Gasteiger partial charge is 0.407 e. The van der Waals surface area contributed by atoms with E-state index in [4.69, 9.17) is 9.84 Å². The first-order valence-electron chi connectivity index (χ1n) is 3.95. The molecule has 0 aromatic heterocycles. The number of amides is 1. The normalized spacial score (nSPS) is 12.7. The summed E-state index contributed by atoms with van der Waals surface area (Å²) in [6.07, 6.45) is -0.496. The summed E-state index contributed by atoms with van der Waals surface area (Å²) in [5, 5.41) is 11.1. The molecule has 0 saturated heterocycles. The van der Waals surface area contributed by atoms with Crippen LogP contribution in [0.3, 0.4) is 0 Å². The van der Waals surface area contributed by atoms with Gasteiger partial charge in [0.2, 0.25) is 0 Å². The molecule has 0 aromatic rings. The number of carbonyl (C=O) groups is 1. The van der Waals surface area contributed by atoms with Crippen molar-refractivity contribution in [3.63, 3.8) is 0 Å². The van der Waals surface area contributed by atoms with E-state index in [-0.39, 0.29) is 26.1 Å². The third-order valence-electron chi connectivity index (χ3n) is 1.04. The predicted octanol–water partition coefficient (Wildman–Crippen LogP) is 1.00. The van der Waals surface area contributed by atoms with Crippen molar-refractivity contribution < 1.29 is 14.6 Å².